The van der Waals surface area contributed by atoms with Gasteiger partial charge in [-0.1, -0.05) is 71.8 Å². The Morgan fingerprint density at radius 1 is 0.886 bits per heavy atom. The quantitative estimate of drug-likeness (QED) is 0.257. The van der Waals surface area contributed by atoms with Crippen molar-refractivity contribution >= 4 is 44.6 Å². The lowest BCUT2D eigenvalue weighted by molar-refractivity contribution is -0.433. The molecule has 0 N–H and O–H groups in total. The Morgan fingerprint density at radius 3 is 2.31 bits per heavy atom. The van der Waals surface area contributed by atoms with Crippen LogP contribution in [0.2, 0.25) is 5.02 Å². The third-order valence-electron chi connectivity index (χ3n) is 7.29. The van der Waals surface area contributed by atoms with Crippen molar-refractivity contribution in [2.45, 2.75) is 52.4 Å². The third-order valence-corrected chi connectivity index (χ3v) is 8.02. The molecule has 2 aromatic rings. The number of likely N-dealkylation sites (N-methyl/N-ethyl adjacent to an activating group) is 1. The van der Waals surface area contributed by atoms with Gasteiger partial charge in [-0.25, -0.2) is 0 Å². The van der Waals surface area contributed by atoms with Gasteiger partial charge in [-0.2, -0.15) is 4.58 Å². The number of allylic oxidation sites excluding steroid dienone is 8. The van der Waals surface area contributed by atoms with Gasteiger partial charge in [0, 0.05) is 50.5 Å². The van der Waals surface area contributed by atoms with Crippen molar-refractivity contribution in [3.05, 3.63) is 105 Å². The summed E-state index contributed by atoms with van der Waals surface area (Å²) in [5.74, 6) is 0. The van der Waals surface area contributed by atoms with E-state index in [1.165, 1.54) is 33.9 Å². The topological polar surface area (TPSA) is 6.25 Å². The number of hydrogen-bond acceptors (Lipinski definition) is 1. The molecule has 2 aliphatic heterocycles. The number of rotatable bonds is 6. The molecule has 0 saturated carbocycles. The largest absolute Gasteiger partial charge is 0.344 e. The highest BCUT2D eigenvalue weighted by atomic mass is 79.9. The van der Waals surface area contributed by atoms with Crippen LogP contribution < -0.4 is 4.90 Å². The minimum atomic E-state index is -0.0808. The van der Waals surface area contributed by atoms with Crippen molar-refractivity contribution in [2.24, 2.45) is 0 Å². The Morgan fingerprint density at radius 2 is 1.60 bits per heavy atom. The van der Waals surface area contributed by atoms with Crippen LogP contribution in [0.1, 0.15) is 52.7 Å². The second-order valence-corrected chi connectivity index (χ2v) is 11.5. The minimum absolute atomic E-state index is 0.0325. The number of nitrogens with zero attached hydrogens (tertiary/aromatic N) is 2. The first kappa shape index (κ1) is 25.7. The zero-order chi connectivity index (χ0) is 25.4. The number of hydrogen-bond donors (Lipinski definition) is 0. The highest BCUT2D eigenvalue weighted by molar-refractivity contribution is 9.10. The Kier molecular flexibility index (Phi) is 7.31. The lowest BCUT2D eigenvalue weighted by Crippen LogP contribution is -2.27. The molecule has 35 heavy (non-hydrogen) atoms. The molecule has 0 saturated heterocycles. The Hall–Kier alpha value is -2.36. The molecule has 0 amide bonds. The normalized spacial score (nSPS) is 19.7. The summed E-state index contributed by atoms with van der Waals surface area (Å²) in [4.78, 5) is 2.41. The van der Waals surface area contributed by atoms with Gasteiger partial charge in [-0.3, -0.25) is 0 Å². The van der Waals surface area contributed by atoms with E-state index >= 15 is 0 Å². The van der Waals surface area contributed by atoms with Crippen LogP contribution in [0.3, 0.4) is 0 Å². The molecule has 0 aromatic heterocycles. The van der Waals surface area contributed by atoms with Crippen molar-refractivity contribution in [2.75, 3.05) is 18.0 Å². The first-order valence-electron chi connectivity index (χ1n) is 12.4. The smallest absolute Gasteiger partial charge is 0.209 e. The first-order chi connectivity index (χ1) is 16.6. The van der Waals surface area contributed by atoms with Crippen molar-refractivity contribution < 1.29 is 4.58 Å². The number of halogens is 2. The first-order valence-corrected chi connectivity index (χ1v) is 13.5. The number of fused-ring (bicyclic) bond motifs is 2. The van der Waals surface area contributed by atoms with Gasteiger partial charge in [0.25, 0.3) is 0 Å². The standard InChI is InChI=1S/C31H35BrClN2/c1-7-34-26-18-16-22(32)20-24(26)30(3,4)28(34)14-12-10-9-11-13-15-29-31(5,6)25-21-23(33)17-19-27(25)35(29)8-2/h9-21H,7-8H2,1-6H3/q+1. The van der Waals surface area contributed by atoms with Gasteiger partial charge < -0.3 is 4.90 Å². The lowest BCUT2D eigenvalue weighted by atomic mass is 9.81. The summed E-state index contributed by atoms with van der Waals surface area (Å²) in [6.45, 7) is 15.4. The van der Waals surface area contributed by atoms with Crippen molar-refractivity contribution in [3.63, 3.8) is 0 Å². The summed E-state index contributed by atoms with van der Waals surface area (Å²) < 4.78 is 3.51. The second-order valence-electron chi connectivity index (χ2n) is 10.1. The van der Waals surface area contributed by atoms with E-state index < -0.39 is 0 Å². The zero-order valence-corrected chi connectivity index (χ0v) is 23.9. The van der Waals surface area contributed by atoms with E-state index in [-0.39, 0.29) is 10.8 Å². The van der Waals surface area contributed by atoms with Crippen LogP contribution in [0.4, 0.5) is 11.4 Å². The molecule has 0 atom stereocenters. The average molecular weight is 551 g/mol. The summed E-state index contributed by atoms with van der Waals surface area (Å²) in [6.07, 6.45) is 15.1. The maximum Gasteiger partial charge on any atom is 0.209 e. The van der Waals surface area contributed by atoms with Crippen LogP contribution >= 0.6 is 27.5 Å². The van der Waals surface area contributed by atoms with Gasteiger partial charge in [0.15, 0.2) is 5.71 Å². The molecule has 0 radical (unpaired) electrons. The molecule has 182 valence electrons. The molecular formula is C31H35BrClN2+. The molecule has 0 fully saturated rings. The molecule has 4 heteroatoms. The Bertz CT molecular complexity index is 1290. The van der Waals surface area contributed by atoms with Gasteiger partial charge in [-0.15, -0.1) is 0 Å². The van der Waals surface area contributed by atoms with E-state index in [1.807, 2.05) is 6.07 Å². The summed E-state index contributed by atoms with van der Waals surface area (Å²) >= 11 is 9.95. The van der Waals surface area contributed by atoms with Crippen molar-refractivity contribution in [1.82, 2.24) is 0 Å². The Balaban J connectivity index is 1.51. The van der Waals surface area contributed by atoms with E-state index in [1.54, 1.807) is 0 Å². The summed E-state index contributed by atoms with van der Waals surface area (Å²) in [6, 6.07) is 12.8. The van der Waals surface area contributed by atoms with Crippen LogP contribution in [-0.4, -0.2) is 23.4 Å². The molecule has 2 nitrogen and oxygen atoms in total. The van der Waals surface area contributed by atoms with Gasteiger partial charge in [0.05, 0.1) is 5.41 Å². The second kappa shape index (κ2) is 9.95. The van der Waals surface area contributed by atoms with Gasteiger partial charge in [-0.05, 0) is 69.7 Å². The van der Waals surface area contributed by atoms with Crippen molar-refractivity contribution in [1.29, 1.82) is 0 Å². The highest BCUT2D eigenvalue weighted by Crippen LogP contribution is 2.48. The Labute approximate surface area is 224 Å². The molecule has 2 aromatic carbocycles. The number of anilines is 1. The van der Waals surface area contributed by atoms with Crippen LogP contribution in [0, 0.1) is 0 Å². The molecular weight excluding hydrogens is 516 g/mol. The average Bonchev–Trinajstić information content (AvgIpc) is 3.16. The SMILES string of the molecule is CCN1/C(=C/C=C/C=C/C=C/C2=[N+](CC)c3ccc(Cl)cc3C2(C)C)C(C)(C)c2cc(Br)ccc21. The molecule has 0 unspecified atom stereocenters. The third kappa shape index (κ3) is 4.61. The van der Waals surface area contributed by atoms with E-state index in [4.69, 9.17) is 11.6 Å². The lowest BCUT2D eigenvalue weighted by Gasteiger charge is -2.25. The zero-order valence-electron chi connectivity index (χ0n) is 21.6. The molecule has 2 heterocycles. The van der Waals surface area contributed by atoms with E-state index in [0.717, 1.165) is 22.6 Å². The number of benzene rings is 2. The van der Waals surface area contributed by atoms with E-state index in [9.17, 15) is 0 Å². The van der Waals surface area contributed by atoms with E-state index in [0.29, 0.717) is 0 Å². The van der Waals surface area contributed by atoms with Gasteiger partial charge >= 0.3 is 0 Å². The minimum Gasteiger partial charge on any atom is -0.344 e. The van der Waals surface area contributed by atoms with Crippen LogP contribution in [0.25, 0.3) is 0 Å². The van der Waals surface area contributed by atoms with Crippen LogP contribution in [0.5, 0.6) is 0 Å². The summed E-state index contributed by atoms with van der Waals surface area (Å²) in [7, 11) is 0. The molecule has 0 spiro atoms. The molecule has 4 rings (SSSR count). The maximum atomic E-state index is 6.31. The van der Waals surface area contributed by atoms with Gasteiger partial charge in [0.2, 0.25) is 5.69 Å². The van der Waals surface area contributed by atoms with Crippen LogP contribution in [-0.2, 0) is 10.8 Å². The van der Waals surface area contributed by atoms with Gasteiger partial charge in [0.1, 0.15) is 6.54 Å². The fourth-order valence-corrected chi connectivity index (χ4v) is 6.00. The fraction of sp³-hybridized carbons (Fsp3) is 0.323. The summed E-state index contributed by atoms with van der Waals surface area (Å²) in [5.41, 5.74) is 7.72. The molecule has 0 bridgehead atoms. The van der Waals surface area contributed by atoms with Crippen LogP contribution in [0.15, 0.2) is 89.1 Å². The fourth-order valence-electron chi connectivity index (χ4n) is 5.46. The maximum absolute atomic E-state index is 6.31. The highest BCUT2D eigenvalue weighted by Gasteiger charge is 2.43. The summed E-state index contributed by atoms with van der Waals surface area (Å²) in [5, 5.41) is 0.792. The predicted octanol–water partition coefficient (Wildman–Crippen LogP) is 8.87. The van der Waals surface area contributed by atoms with E-state index in [2.05, 4.69) is 140 Å². The monoisotopic (exact) mass is 549 g/mol. The van der Waals surface area contributed by atoms with Crippen molar-refractivity contribution in [3.8, 4) is 0 Å². The predicted molar refractivity (Wildman–Crippen MR) is 156 cm³/mol. The molecule has 2 aliphatic rings. The molecule has 0 aliphatic carbocycles.